The van der Waals surface area contributed by atoms with Gasteiger partial charge in [0.15, 0.2) is 0 Å². The first kappa shape index (κ1) is 22.4. The highest BCUT2D eigenvalue weighted by Gasteiger charge is 2.35. The molecule has 0 saturated carbocycles. The minimum Gasteiger partial charge on any atom is -0.368 e. The van der Waals surface area contributed by atoms with Crippen LogP contribution >= 0.6 is 11.6 Å². The maximum Gasteiger partial charge on any atom is 0.418 e. The number of benzene rings is 2. The van der Waals surface area contributed by atoms with E-state index in [9.17, 15) is 26.4 Å². The molecule has 0 aromatic heterocycles. The van der Waals surface area contributed by atoms with Crippen LogP contribution in [0.25, 0.3) is 0 Å². The number of alkyl halides is 3. The molecule has 1 fully saturated rings. The van der Waals surface area contributed by atoms with Crippen molar-refractivity contribution in [3.63, 3.8) is 0 Å². The Labute approximate surface area is 176 Å². The van der Waals surface area contributed by atoms with Crippen molar-refractivity contribution in [2.45, 2.75) is 36.9 Å². The van der Waals surface area contributed by atoms with Crippen LogP contribution in [0.1, 0.15) is 24.0 Å². The summed E-state index contributed by atoms with van der Waals surface area (Å²) in [6.45, 7) is 1.91. The number of nitrogens with one attached hydrogen (secondary N) is 2. The third kappa shape index (κ3) is 5.05. The van der Waals surface area contributed by atoms with Gasteiger partial charge in [-0.1, -0.05) is 17.7 Å². The first-order valence-electron chi connectivity index (χ1n) is 8.90. The molecule has 30 heavy (non-hydrogen) atoms. The Morgan fingerprint density at radius 1 is 1.20 bits per heavy atom. The van der Waals surface area contributed by atoms with E-state index in [0.717, 1.165) is 12.1 Å². The second kappa shape index (κ2) is 8.44. The number of halogens is 4. The molecule has 6 nitrogen and oxygen atoms in total. The average Bonchev–Trinajstić information content (AvgIpc) is 3.18. The normalized spacial score (nSPS) is 17.0. The predicted molar refractivity (Wildman–Crippen MR) is 106 cm³/mol. The van der Waals surface area contributed by atoms with Gasteiger partial charge in [0.1, 0.15) is 6.10 Å². The Morgan fingerprint density at radius 3 is 2.57 bits per heavy atom. The molecule has 1 aliphatic rings. The minimum atomic E-state index is -4.87. The maximum atomic E-state index is 13.6. The van der Waals surface area contributed by atoms with Gasteiger partial charge in [-0.2, -0.15) is 13.2 Å². The summed E-state index contributed by atoms with van der Waals surface area (Å²) in [5.74, 6) is -0.552. The molecule has 0 aliphatic carbocycles. The molecule has 1 saturated heterocycles. The fraction of sp³-hybridized carbons (Fsp3) is 0.316. The smallest absolute Gasteiger partial charge is 0.368 e. The number of sulfonamides is 1. The van der Waals surface area contributed by atoms with Crippen molar-refractivity contribution in [2.75, 3.05) is 16.6 Å². The number of carbonyl (C=O) groups excluding carboxylic acids is 1. The number of carbonyl (C=O) groups is 1. The molecule has 0 radical (unpaired) electrons. The molecule has 1 heterocycles. The van der Waals surface area contributed by atoms with E-state index in [1.807, 2.05) is 4.72 Å². The van der Waals surface area contributed by atoms with Gasteiger partial charge in [-0.3, -0.25) is 9.52 Å². The quantitative estimate of drug-likeness (QED) is 0.681. The molecule has 1 atom stereocenters. The number of anilines is 2. The largest absolute Gasteiger partial charge is 0.418 e. The predicted octanol–water partition coefficient (Wildman–Crippen LogP) is 4.59. The lowest BCUT2D eigenvalue weighted by Gasteiger charge is -2.18. The first-order valence-corrected chi connectivity index (χ1v) is 10.8. The zero-order valence-electron chi connectivity index (χ0n) is 15.7. The van der Waals surface area contributed by atoms with Crippen molar-refractivity contribution in [1.82, 2.24) is 0 Å². The van der Waals surface area contributed by atoms with Crippen molar-refractivity contribution in [3.8, 4) is 0 Å². The standard InChI is InChI=1S/C19H18ClF3N2O4S/c1-11-4-5-12(20)9-17(11)30(27,28)25-15-7-6-13(10-14(15)19(21,22)23)24-18(26)16-3-2-8-29-16/h4-7,9-10,16,25H,2-3,8H2,1H3,(H,24,26). The van der Waals surface area contributed by atoms with Crippen LogP contribution in [0.5, 0.6) is 0 Å². The molecule has 2 aromatic carbocycles. The minimum absolute atomic E-state index is 0.121. The highest BCUT2D eigenvalue weighted by molar-refractivity contribution is 7.92. The lowest BCUT2D eigenvalue weighted by molar-refractivity contribution is -0.137. The van der Waals surface area contributed by atoms with E-state index in [1.165, 1.54) is 25.1 Å². The molecular weight excluding hydrogens is 445 g/mol. The number of rotatable bonds is 5. The van der Waals surface area contributed by atoms with E-state index >= 15 is 0 Å². The van der Waals surface area contributed by atoms with Gasteiger partial charge in [-0.25, -0.2) is 8.42 Å². The summed E-state index contributed by atoms with van der Waals surface area (Å²) in [6, 6.07) is 6.89. The number of hydrogen-bond acceptors (Lipinski definition) is 4. The molecule has 3 rings (SSSR count). The van der Waals surface area contributed by atoms with E-state index in [-0.39, 0.29) is 15.6 Å². The van der Waals surface area contributed by atoms with Crippen molar-refractivity contribution in [3.05, 3.63) is 52.5 Å². The summed E-state index contributed by atoms with van der Waals surface area (Å²) in [5, 5.41) is 2.50. The molecular formula is C19H18ClF3N2O4S. The van der Waals surface area contributed by atoms with Gasteiger partial charge >= 0.3 is 6.18 Å². The molecule has 162 valence electrons. The Morgan fingerprint density at radius 2 is 1.93 bits per heavy atom. The van der Waals surface area contributed by atoms with Crippen LogP contribution in [0.15, 0.2) is 41.3 Å². The monoisotopic (exact) mass is 462 g/mol. The molecule has 1 aliphatic heterocycles. The fourth-order valence-corrected chi connectivity index (χ4v) is 4.60. The van der Waals surface area contributed by atoms with E-state index < -0.39 is 39.5 Å². The third-order valence-electron chi connectivity index (χ3n) is 4.50. The maximum absolute atomic E-state index is 13.6. The van der Waals surface area contributed by atoms with Gasteiger partial charge in [-0.05, 0) is 55.7 Å². The Balaban J connectivity index is 1.92. The van der Waals surface area contributed by atoms with Crippen LogP contribution in [0.3, 0.4) is 0 Å². The van der Waals surface area contributed by atoms with E-state index in [4.69, 9.17) is 16.3 Å². The van der Waals surface area contributed by atoms with Crippen LogP contribution in [-0.2, 0) is 25.7 Å². The Hall–Kier alpha value is -2.30. The van der Waals surface area contributed by atoms with Crippen LogP contribution in [-0.4, -0.2) is 27.0 Å². The van der Waals surface area contributed by atoms with Gasteiger partial charge in [0, 0.05) is 17.3 Å². The first-order chi connectivity index (χ1) is 14.0. The summed E-state index contributed by atoms with van der Waals surface area (Å²) in [7, 11) is -4.34. The summed E-state index contributed by atoms with van der Waals surface area (Å²) in [4.78, 5) is 11.9. The van der Waals surface area contributed by atoms with Crippen molar-refractivity contribution in [1.29, 1.82) is 0 Å². The number of ether oxygens (including phenoxy) is 1. The van der Waals surface area contributed by atoms with Gasteiger partial charge in [-0.15, -0.1) is 0 Å². The van der Waals surface area contributed by atoms with E-state index in [0.29, 0.717) is 31.1 Å². The molecule has 2 N–H and O–H groups in total. The Kier molecular flexibility index (Phi) is 6.30. The van der Waals surface area contributed by atoms with Crippen LogP contribution in [0.4, 0.5) is 24.5 Å². The molecule has 11 heteroatoms. The van der Waals surface area contributed by atoms with Gasteiger partial charge in [0.05, 0.1) is 16.1 Å². The third-order valence-corrected chi connectivity index (χ3v) is 6.24. The van der Waals surface area contributed by atoms with Gasteiger partial charge in [0.25, 0.3) is 15.9 Å². The van der Waals surface area contributed by atoms with Crippen LogP contribution < -0.4 is 10.0 Å². The second-order valence-electron chi connectivity index (χ2n) is 6.76. The number of amides is 1. The summed E-state index contributed by atoms with van der Waals surface area (Å²) < 4.78 is 73.3. The van der Waals surface area contributed by atoms with Crippen molar-refractivity contribution in [2.24, 2.45) is 0 Å². The fourth-order valence-electron chi connectivity index (χ4n) is 3.02. The lowest BCUT2D eigenvalue weighted by atomic mass is 10.1. The second-order valence-corrected chi connectivity index (χ2v) is 8.85. The highest BCUT2D eigenvalue weighted by Crippen LogP contribution is 2.38. The molecule has 1 unspecified atom stereocenters. The van der Waals surface area contributed by atoms with Crippen molar-refractivity contribution >= 4 is 38.9 Å². The van der Waals surface area contributed by atoms with Crippen LogP contribution in [0.2, 0.25) is 5.02 Å². The Bertz CT molecular complexity index is 1070. The highest BCUT2D eigenvalue weighted by atomic mass is 35.5. The van der Waals surface area contributed by atoms with E-state index in [1.54, 1.807) is 0 Å². The lowest BCUT2D eigenvalue weighted by Crippen LogP contribution is -2.27. The molecule has 0 bridgehead atoms. The van der Waals surface area contributed by atoms with E-state index in [2.05, 4.69) is 5.32 Å². The molecule has 1 amide bonds. The SMILES string of the molecule is Cc1ccc(Cl)cc1S(=O)(=O)Nc1ccc(NC(=O)C2CCCO2)cc1C(F)(F)F. The summed E-state index contributed by atoms with van der Waals surface area (Å²) >= 11 is 5.83. The van der Waals surface area contributed by atoms with Crippen molar-refractivity contribution < 1.29 is 31.1 Å². The summed E-state index contributed by atoms with van der Waals surface area (Å²) in [5.41, 5.74) is -1.71. The van der Waals surface area contributed by atoms with Gasteiger partial charge < -0.3 is 10.1 Å². The molecule has 0 spiro atoms. The van der Waals surface area contributed by atoms with Gasteiger partial charge in [0.2, 0.25) is 0 Å². The number of hydrogen-bond donors (Lipinski definition) is 2. The summed E-state index contributed by atoms with van der Waals surface area (Å²) in [6.07, 6.45) is -4.42. The topological polar surface area (TPSA) is 84.5 Å². The average molecular weight is 463 g/mol. The zero-order chi connectivity index (χ0) is 22.1. The number of aryl methyl sites for hydroxylation is 1. The molecule has 2 aromatic rings. The zero-order valence-corrected chi connectivity index (χ0v) is 17.3. The van der Waals surface area contributed by atoms with Crippen LogP contribution in [0, 0.1) is 6.92 Å².